The second-order valence-electron chi connectivity index (χ2n) is 6.43. The molecule has 8 heteroatoms. The lowest BCUT2D eigenvalue weighted by molar-refractivity contribution is -0.123. The molecule has 2 heterocycles. The maximum absolute atomic E-state index is 12.3. The number of rotatable bonds is 7. The fraction of sp³-hybridized carbons (Fsp3) is 0.933. The Kier molecular flexibility index (Phi) is 8.82. The molecule has 0 aromatic heterocycles. The van der Waals surface area contributed by atoms with E-state index in [2.05, 4.69) is 10.6 Å². The number of sulfonamides is 1. The molecule has 136 valence electrons. The zero-order chi connectivity index (χ0) is 16.0. The predicted molar refractivity (Wildman–Crippen MR) is 94.3 cm³/mol. The molecule has 6 nitrogen and oxygen atoms in total. The van der Waals surface area contributed by atoms with Crippen molar-refractivity contribution in [1.82, 2.24) is 14.9 Å². The number of amides is 1. The first-order valence-electron chi connectivity index (χ1n) is 8.52. The normalized spacial score (nSPS) is 25.8. The summed E-state index contributed by atoms with van der Waals surface area (Å²) in [5.41, 5.74) is 0. The van der Waals surface area contributed by atoms with E-state index in [0.29, 0.717) is 26.1 Å². The van der Waals surface area contributed by atoms with Gasteiger partial charge in [-0.25, -0.2) is 12.7 Å². The smallest absolute Gasteiger partial charge is 0.237 e. The quantitative estimate of drug-likeness (QED) is 0.706. The Morgan fingerprint density at radius 3 is 2.74 bits per heavy atom. The van der Waals surface area contributed by atoms with E-state index in [1.807, 2.05) is 6.92 Å². The molecule has 0 aromatic carbocycles. The Morgan fingerprint density at radius 2 is 2.09 bits per heavy atom. The summed E-state index contributed by atoms with van der Waals surface area (Å²) in [6.07, 6.45) is 5.42. The van der Waals surface area contributed by atoms with Crippen LogP contribution in [0.15, 0.2) is 0 Å². The minimum absolute atomic E-state index is 0. The molecule has 0 radical (unpaired) electrons. The van der Waals surface area contributed by atoms with Gasteiger partial charge in [0.05, 0.1) is 11.8 Å². The standard InChI is InChI=1S/C15H29N3O3S.ClH/c1-2-3-10-22(20,21)18-9-5-6-13(12-18)11-17-15(19)14-7-4-8-16-14;/h13-14,16H,2-12H2,1H3,(H,17,19);1H. The number of halogens is 1. The van der Waals surface area contributed by atoms with E-state index in [1.165, 1.54) is 0 Å². The number of carbonyl (C=O) groups is 1. The van der Waals surface area contributed by atoms with E-state index in [9.17, 15) is 13.2 Å². The van der Waals surface area contributed by atoms with Crippen molar-refractivity contribution in [2.24, 2.45) is 5.92 Å². The molecule has 1 amide bonds. The van der Waals surface area contributed by atoms with Crippen LogP contribution < -0.4 is 10.6 Å². The molecule has 0 bridgehead atoms. The van der Waals surface area contributed by atoms with Crippen molar-refractivity contribution >= 4 is 28.3 Å². The fourth-order valence-electron chi connectivity index (χ4n) is 3.18. The van der Waals surface area contributed by atoms with Crippen molar-refractivity contribution < 1.29 is 13.2 Å². The maximum atomic E-state index is 12.3. The van der Waals surface area contributed by atoms with Crippen LogP contribution in [0.25, 0.3) is 0 Å². The lowest BCUT2D eigenvalue weighted by Gasteiger charge is -2.32. The van der Waals surface area contributed by atoms with Gasteiger partial charge in [-0.1, -0.05) is 13.3 Å². The maximum Gasteiger partial charge on any atom is 0.237 e. The zero-order valence-electron chi connectivity index (χ0n) is 13.9. The van der Waals surface area contributed by atoms with Gasteiger partial charge in [-0.2, -0.15) is 0 Å². The number of nitrogens with zero attached hydrogens (tertiary/aromatic N) is 1. The first-order chi connectivity index (χ1) is 10.5. The molecule has 0 spiro atoms. The minimum Gasteiger partial charge on any atom is -0.354 e. The van der Waals surface area contributed by atoms with Crippen LogP contribution in [0.2, 0.25) is 0 Å². The van der Waals surface area contributed by atoms with Crippen LogP contribution in [-0.4, -0.2) is 56.6 Å². The van der Waals surface area contributed by atoms with E-state index in [-0.39, 0.29) is 36.0 Å². The second-order valence-corrected chi connectivity index (χ2v) is 8.52. The Labute approximate surface area is 146 Å². The Morgan fingerprint density at radius 1 is 1.30 bits per heavy atom. The molecule has 23 heavy (non-hydrogen) atoms. The van der Waals surface area contributed by atoms with Crippen LogP contribution in [0.3, 0.4) is 0 Å². The average Bonchev–Trinajstić information content (AvgIpc) is 3.05. The van der Waals surface area contributed by atoms with Crippen molar-refractivity contribution in [3.05, 3.63) is 0 Å². The van der Waals surface area contributed by atoms with Gasteiger partial charge in [0.25, 0.3) is 0 Å². The number of hydrogen-bond donors (Lipinski definition) is 2. The van der Waals surface area contributed by atoms with Gasteiger partial charge in [0.15, 0.2) is 0 Å². The Bertz CT molecular complexity index is 467. The summed E-state index contributed by atoms with van der Waals surface area (Å²) in [5, 5.41) is 6.17. The first-order valence-corrected chi connectivity index (χ1v) is 10.1. The van der Waals surface area contributed by atoms with E-state index >= 15 is 0 Å². The molecule has 2 fully saturated rings. The number of nitrogens with one attached hydrogen (secondary N) is 2. The third kappa shape index (κ3) is 6.21. The van der Waals surface area contributed by atoms with Gasteiger partial charge < -0.3 is 10.6 Å². The van der Waals surface area contributed by atoms with Crippen LogP contribution in [0, 0.1) is 5.92 Å². The van der Waals surface area contributed by atoms with Gasteiger partial charge in [0, 0.05) is 19.6 Å². The highest BCUT2D eigenvalue weighted by Gasteiger charge is 2.29. The highest BCUT2D eigenvalue weighted by molar-refractivity contribution is 7.89. The largest absolute Gasteiger partial charge is 0.354 e. The topological polar surface area (TPSA) is 78.5 Å². The highest BCUT2D eigenvalue weighted by atomic mass is 35.5. The summed E-state index contributed by atoms with van der Waals surface area (Å²) in [6.45, 7) is 4.66. The van der Waals surface area contributed by atoms with Gasteiger partial charge in [0.1, 0.15) is 0 Å². The minimum atomic E-state index is -3.12. The average molecular weight is 368 g/mol. The summed E-state index contributed by atoms with van der Waals surface area (Å²) in [7, 11) is -3.12. The van der Waals surface area contributed by atoms with Crippen LogP contribution in [0.5, 0.6) is 0 Å². The summed E-state index contributed by atoms with van der Waals surface area (Å²) in [4.78, 5) is 12.0. The van der Waals surface area contributed by atoms with Crippen molar-refractivity contribution in [1.29, 1.82) is 0 Å². The third-order valence-corrected chi connectivity index (χ3v) is 6.50. The molecule has 0 saturated carbocycles. The highest BCUT2D eigenvalue weighted by Crippen LogP contribution is 2.19. The van der Waals surface area contributed by atoms with E-state index in [4.69, 9.17) is 0 Å². The number of piperidine rings is 1. The lowest BCUT2D eigenvalue weighted by Crippen LogP contribution is -2.47. The van der Waals surface area contributed by atoms with Gasteiger partial charge in [0.2, 0.25) is 15.9 Å². The van der Waals surface area contributed by atoms with Gasteiger partial charge in [-0.05, 0) is 44.6 Å². The van der Waals surface area contributed by atoms with Crippen molar-refractivity contribution in [2.75, 3.05) is 31.9 Å². The molecule has 2 N–H and O–H groups in total. The molecule has 2 atom stereocenters. The molecular weight excluding hydrogens is 338 g/mol. The predicted octanol–water partition coefficient (Wildman–Crippen LogP) is 1.12. The molecule has 2 rings (SSSR count). The second kappa shape index (κ2) is 9.81. The summed E-state index contributed by atoms with van der Waals surface area (Å²) < 4.78 is 26.2. The summed E-state index contributed by atoms with van der Waals surface area (Å²) in [6, 6.07) is -0.0621. The monoisotopic (exact) mass is 367 g/mol. The number of unbranched alkanes of at least 4 members (excludes halogenated alkanes) is 1. The molecule has 2 aliphatic heterocycles. The Hall–Kier alpha value is -0.370. The summed E-state index contributed by atoms with van der Waals surface area (Å²) in [5.74, 6) is 0.535. The van der Waals surface area contributed by atoms with Crippen LogP contribution in [-0.2, 0) is 14.8 Å². The fourth-order valence-corrected chi connectivity index (χ4v) is 4.94. The molecule has 0 aromatic rings. The Balaban J connectivity index is 0.00000264. The van der Waals surface area contributed by atoms with Crippen molar-refractivity contribution in [2.45, 2.75) is 51.5 Å². The third-order valence-electron chi connectivity index (χ3n) is 4.57. The lowest BCUT2D eigenvalue weighted by atomic mass is 9.99. The van der Waals surface area contributed by atoms with Gasteiger partial charge in [-0.3, -0.25) is 4.79 Å². The van der Waals surface area contributed by atoms with Crippen LogP contribution in [0.4, 0.5) is 0 Å². The first kappa shape index (κ1) is 20.7. The van der Waals surface area contributed by atoms with E-state index in [0.717, 1.165) is 38.6 Å². The van der Waals surface area contributed by atoms with Crippen LogP contribution >= 0.6 is 12.4 Å². The SMILES string of the molecule is CCCCS(=O)(=O)N1CCCC(CNC(=O)C2CCCN2)C1.Cl. The zero-order valence-corrected chi connectivity index (χ0v) is 15.6. The van der Waals surface area contributed by atoms with E-state index in [1.54, 1.807) is 4.31 Å². The van der Waals surface area contributed by atoms with Gasteiger partial charge in [-0.15, -0.1) is 12.4 Å². The molecule has 2 unspecified atom stereocenters. The molecular formula is C15H30ClN3O3S. The number of hydrogen-bond acceptors (Lipinski definition) is 4. The van der Waals surface area contributed by atoms with Crippen LogP contribution in [0.1, 0.15) is 45.4 Å². The number of carbonyl (C=O) groups excluding carboxylic acids is 1. The van der Waals surface area contributed by atoms with Crippen molar-refractivity contribution in [3.8, 4) is 0 Å². The molecule has 2 aliphatic rings. The molecule has 0 aliphatic carbocycles. The van der Waals surface area contributed by atoms with E-state index < -0.39 is 10.0 Å². The summed E-state index contributed by atoms with van der Waals surface area (Å²) >= 11 is 0. The van der Waals surface area contributed by atoms with Crippen molar-refractivity contribution in [3.63, 3.8) is 0 Å². The van der Waals surface area contributed by atoms with Gasteiger partial charge >= 0.3 is 0 Å². The molecule has 2 saturated heterocycles.